The van der Waals surface area contributed by atoms with Gasteiger partial charge in [-0.25, -0.2) is 9.59 Å². The van der Waals surface area contributed by atoms with Gasteiger partial charge in [0.2, 0.25) is 23.5 Å². The highest BCUT2D eigenvalue weighted by Gasteiger charge is 2.45. The van der Waals surface area contributed by atoms with Crippen LogP contribution < -0.4 is 30.2 Å². The molecule has 0 saturated carbocycles. The smallest absolute Gasteiger partial charge is 0.348 e. The molecule has 198 valence electrons. The van der Waals surface area contributed by atoms with Gasteiger partial charge in [0.05, 0.1) is 38.7 Å². The summed E-state index contributed by atoms with van der Waals surface area (Å²) in [5.41, 5.74) is -2.40. The molecular weight excluding hydrogens is 500 g/mol. The van der Waals surface area contributed by atoms with Crippen LogP contribution in [0.1, 0.15) is 0 Å². The number of aliphatic hydroxyl groups excluding tert-OH is 4. The number of hydrogen-bond acceptors (Lipinski definition) is 14. The van der Waals surface area contributed by atoms with Gasteiger partial charge >= 0.3 is 11.3 Å². The quantitative estimate of drug-likeness (QED) is 0.158. The van der Waals surface area contributed by atoms with Crippen LogP contribution >= 0.6 is 0 Å². The van der Waals surface area contributed by atoms with Crippen molar-refractivity contribution in [2.75, 3.05) is 27.9 Å². The van der Waals surface area contributed by atoms with E-state index in [0.29, 0.717) is 0 Å². The fourth-order valence-corrected chi connectivity index (χ4v) is 4.56. The Morgan fingerprint density at radius 3 is 2.05 bits per heavy atom. The van der Waals surface area contributed by atoms with Gasteiger partial charge in [-0.05, 0) is 6.07 Å². The number of ether oxygens (including phenoxy) is 5. The first kappa shape index (κ1) is 24.9. The zero-order chi connectivity index (χ0) is 26.8. The lowest BCUT2D eigenvalue weighted by atomic mass is 9.99. The number of phenolic OH excluding ortho intramolecular Hbond substituents is 1. The Balaban J connectivity index is 1.81. The standard InChI is InChI=1S/C23H22O14/c1-31-16-7(34-23-15(28)14(27)12(25)8(5-24)35-23)4-6-9-10-11(22(30)37-17(9)16)13(26)19(32-2)20(33-3)18(10)36-21(6)29/h4,8,12,14-15,23-28H,5H2,1-3H3/t8-,12-,14+,15-,23-/m1/s1. The van der Waals surface area contributed by atoms with Crippen molar-refractivity contribution in [3.05, 3.63) is 26.9 Å². The van der Waals surface area contributed by atoms with Crippen LogP contribution in [0.5, 0.6) is 28.7 Å². The normalized spacial score (nSPS) is 24.1. The highest BCUT2D eigenvalue weighted by molar-refractivity contribution is 6.23. The van der Waals surface area contributed by atoms with Crippen molar-refractivity contribution in [2.24, 2.45) is 0 Å². The Bertz CT molecular complexity index is 1600. The Morgan fingerprint density at radius 1 is 0.811 bits per heavy atom. The van der Waals surface area contributed by atoms with Crippen LogP contribution in [0.2, 0.25) is 0 Å². The molecule has 14 nitrogen and oxygen atoms in total. The van der Waals surface area contributed by atoms with Crippen molar-refractivity contribution in [2.45, 2.75) is 30.7 Å². The van der Waals surface area contributed by atoms with E-state index < -0.39 is 54.3 Å². The molecule has 0 aliphatic carbocycles. The van der Waals surface area contributed by atoms with Crippen LogP contribution in [0, 0.1) is 0 Å². The maximum absolute atomic E-state index is 13.1. The number of hydrogen-bond donors (Lipinski definition) is 5. The summed E-state index contributed by atoms with van der Waals surface area (Å²) in [6, 6.07) is 1.17. The van der Waals surface area contributed by atoms with E-state index in [2.05, 4.69) is 0 Å². The highest BCUT2D eigenvalue weighted by Crippen LogP contribution is 2.50. The van der Waals surface area contributed by atoms with Crippen LogP contribution in [0.3, 0.4) is 0 Å². The summed E-state index contributed by atoms with van der Waals surface area (Å²) in [5, 5.41) is 50.2. The molecular formula is C23H22O14. The molecule has 3 heterocycles. The van der Waals surface area contributed by atoms with Gasteiger partial charge < -0.3 is 58.1 Å². The van der Waals surface area contributed by atoms with Crippen LogP contribution in [0.4, 0.5) is 0 Å². The predicted octanol–water partition coefficient (Wildman–Crippen LogP) is -0.600. The second-order valence-corrected chi connectivity index (χ2v) is 8.25. The summed E-state index contributed by atoms with van der Waals surface area (Å²) in [5.74, 6) is -1.45. The minimum atomic E-state index is -1.77. The summed E-state index contributed by atoms with van der Waals surface area (Å²) < 4.78 is 37.8. The van der Waals surface area contributed by atoms with Crippen molar-refractivity contribution in [1.82, 2.24) is 0 Å². The molecule has 0 radical (unpaired) electrons. The summed E-state index contributed by atoms with van der Waals surface area (Å²) in [6.07, 6.45) is -8.04. The molecule has 0 bridgehead atoms. The molecule has 2 aromatic heterocycles. The first-order valence-corrected chi connectivity index (χ1v) is 10.9. The molecule has 1 saturated heterocycles. The fraction of sp³-hybridized carbons (Fsp3) is 0.391. The number of phenols is 1. The molecule has 1 aliphatic rings. The van der Waals surface area contributed by atoms with E-state index in [1.165, 1.54) is 27.4 Å². The van der Waals surface area contributed by atoms with E-state index >= 15 is 0 Å². The van der Waals surface area contributed by atoms with E-state index in [9.17, 15) is 35.1 Å². The topological polar surface area (TPSA) is 208 Å². The second kappa shape index (κ2) is 8.93. The number of aliphatic hydroxyl groups is 4. The molecule has 5 rings (SSSR count). The van der Waals surface area contributed by atoms with Gasteiger partial charge in [-0.3, -0.25) is 0 Å². The second-order valence-electron chi connectivity index (χ2n) is 8.25. The molecule has 0 unspecified atom stereocenters. The first-order valence-electron chi connectivity index (χ1n) is 10.9. The van der Waals surface area contributed by atoms with Crippen LogP contribution in [0.15, 0.2) is 24.5 Å². The molecule has 1 aliphatic heterocycles. The first-order chi connectivity index (χ1) is 17.7. The van der Waals surface area contributed by atoms with Crippen LogP contribution in [0.25, 0.3) is 32.7 Å². The average Bonchev–Trinajstić information content (AvgIpc) is 2.88. The average molecular weight is 522 g/mol. The third-order valence-corrected chi connectivity index (χ3v) is 6.31. The number of methoxy groups -OCH3 is 3. The molecule has 0 spiro atoms. The number of aromatic hydroxyl groups is 1. The van der Waals surface area contributed by atoms with Gasteiger partial charge in [0.25, 0.3) is 0 Å². The van der Waals surface area contributed by atoms with Crippen molar-refractivity contribution >= 4 is 32.7 Å². The molecule has 5 N–H and O–H groups in total. The zero-order valence-corrected chi connectivity index (χ0v) is 19.6. The van der Waals surface area contributed by atoms with Crippen LogP contribution in [-0.4, -0.2) is 84.2 Å². The van der Waals surface area contributed by atoms with Crippen LogP contribution in [-0.2, 0) is 4.74 Å². The lowest BCUT2D eigenvalue weighted by Gasteiger charge is -2.39. The summed E-state index contributed by atoms with van der Waals surface area (Å²) in [6.45, 7) is -0.699. The number of rotatable bonds is 6. The van der Waals surface area contributed by atoms with E-state index in [1.807, 2.05) is 0 Å². The Kier molecular flexibility index (Phi) is 6.00. The van der Waals surface area contributed by atoms with E-state index in [1.54, 1.807) is 0 Å². The lowest BCUT2D eigenvalue weighted by molar-refractivity contribution is -0.277. The summed E-state index contributed by atoms with van der Waals surface area (Å²) in [4.78, 5) is 26.1. The Labute approximate surface area is 205 Å². The lowest BCUT2D eigenvalue weighted by Crippen LogP contribution is -2.60. The van der Waals surface area contributed by atoms with Crippen molar-refractivity contribution in [3.8, 4) is 28.7 Å². The minimum Gasteiger partial charge on any atom is -0.504 e. The fourth-order valence-electron chi connectivity index (χ4n) is 4.56. The van der Waals surface area contributed by atoms with E-state index in [-0.39, 0.29) is 55.7 Å². The molecule has 1 fully saturated rings. The third-order valence-electron chi connectivity index (χ3n) is 6.31. The third kappa shape index (κ3) is 3.45. The van der Waals surface area contributed by atoms with E-state index in [0.717, 1.165) is 0 Å². The Morgan fingerprint density at radius 2 is 1.43 bits per heavy atom. The highest BCUT2D eigenvalue weighted by atomic mass is 16.7. The van der Waals surface area contributed by atoms with Gasteiger partial charge in [0, 0.05) is 5.39 Å². The molecule has 0 amide bonds. The molecule has 14 heteroatoms. The van der Waals surface area contributed by atoms with E-state index in [4.69, 9.17) is 32.5 Å². The molecule has 4 aromatic rings. The van der Waals surface area contributed by atoms with Crippen molar-refractivity contribution < 1.29 is 58.1 Å². The maximum atomic E-state index is 13.1. The predicted molar refractivity (Wildman–Crippen MR) is 123 cm³/mol. The molecule has 5 atom stereocenters. The van der Waals surface area contributed by atoms with Gasteiger partial charge in [-0.1, -0.05) is 0 Å². The van der Waals surface area contributed by atoms with Gasteiger partial charge in [0.1, 0.15) is 29.8 Å². The summed E-state index contributed by atoms with van der Waals surface area (Å²) in [7, 11) is 3.69. The molecule has 2 aromatic carbocycles. The summed E-state index contributed by atoms with van der Waals surface area (Å²) >= 11 is 0. The monoisotopic (exact) mass is 522 g/mol. The largest absolute Gasteiger partial charge is 0.504 e. The van der Waals surface area contributed by atoms with Crippen molar-refractivity contribution in [1.29, 1.82) is 0 Å². The Hall–Kier alpha value is -3.82. The van der Waals surface area contributed by atoms with Gasteiger partial charge in [0.15, 0.2) is 22.7 Å². The SMILES string of the molecule is COc1c(OC)c2oc(=O)c3cc(O[C@@H]4O[C@H](CO)[C@@H](O)[C@H](O)[C@H]4O)c(OC)c4oc(=O)c(c1O)c2c43. The zero-order valence-electron chi connectivity index (χ0n) is 19.6. The number of benzene rings is 2. The van der Waals surface area contributed by atoms with Gasteiger partial charge in [-0.2, -0.15) is 0 Å². The molecule has 37 heavy (non-hydrogen) atoms. The van der Waals surface area contributed by atoms with Crippen molar-refractivity contribution in [3.63, 3.8) is 0 Å². The van der Waals surface area contributed by atoms with Gasteiger partial charge in [-0.15, -0.1) is 0 Å². The minimum absolute atomic E-state index is 0.00584. The maximum Gasteiger partial charge on any atom is 0.348 e.